The maximum atomic E-state index is 14.5. The number of halogens is 6. The molecule has 4 atom stereocenters. The molecule has 0 bridgehead atoms. The van der Waals surface area contributed by atoms with Gasteiger partial charge in [-0.05, 0) is 176 Å². The van der Waals surface area contributed by atoms with E-state index in [9.17, 15) is 44.7 Å². The van der Waals surface area contributed by atoms with E-state index in [0.717, 1.165) is 44.5 Å². The van der Waals surface area contributed by atoms with Crippen molar-refractivity contribution >= 4 is 118 Å². The van der Waals surface area contributed by atoms with Gasteiger partial charge >= 0.3 is 6.03 Å². The van der Waals surface area contributed by atoms with E-state index >= 15 is 0 Å². The number of rotatable bonds is 52. The molecule has 29 nitrogen and oxygen atoms in total. The predicted octanol–water partition coefficient (Wildman–Crippen LogP) is 9.35. The highest BCUT2D eigenvalue weighted by molar-refractivity contribution is 7.93. The predicted molar refractivity (Wildman–Crippen MR) is 484 cm³/mol. The van der Waals surface area contributed by atoms with E-state index in [0.29, 0.717) is 148 Å². The Morgan fingerprint density at radius 1 is 0.492 bits per heavy atom. The summed E-state index contributed by atoms with van der Waals surface area (Å²) in [5, 5.41) is 25.1. The van der Waals surface area contributed by atoms with E-state index in [2.05, 4.69) is 62.0 Å². The summed E-state index contributed by atoms with van der Waals surface area (Å²) in [6.45, 7) is 12.6. The fourth-order valence-corrected chi connectivity index (χ4v) is 21.4. The number of fused-ring (bicyclic) bond motifs is 3. The van der Waals surface area contributed by atoms with Crippen molar-refractivity contribution in [2.45, 2.75) is 105 Å². The first-order valence-electron chi connectivity index (χ1n) is 42.2. The minimum absolute atomic E-state index is 0.00944. The number of nitrogens with one attached hydrogen (secondary N) is 7. The van der Waals surface area contributed by atoms with Crippen molar-refractivity contribution < 1.29 is 77.9 Å². The lowest BCUT2D eigenvalue weighted by atomic mass is 9.67. The molecule has 686 valence electrons. The molecular formula is C86H120Cl6N12O17S3. The van der Waals surface area contributed by atoms with Crippen LogP contribution in [0.4, 0.5) is 4.79 Å². The van der Waals surface area contributed by atoms with E-state index < -0.39 is 41.0 Å². The Bertz CT molecular complexity index is 4590. The Morgan fingerprint density at radius 2 is 0.919 bits per heavy atom. The normalized spacial score (nSPS) is 18.7. The molecule has 4 amide bonds. The van der Waals surface area contributed by atoms with E-state index in [1.807, 2.05) is 63.6 Å². The molecular weight excluding hydrogens is 1780 g/mol. The molecule has 1 saturated heterocycles. The second-order valence-electron chi connectivity index (χ2n) is 32.2. The number of carbonyl (C=O) groups is 3. The van der Waals surface area contributed by atoms with Crippen LogP contribution in [-0.4, -0.2) is 297 Å². The average molecular weight is 1900 g/mol. The van der Waals surface area contributed by atoms with Gasteiger partial charge < -0.3 is 79.1 Å². The molecule has 1 aliphatic carbocycles. The molecule has 0 saturated carbocycles. The Morgan fingerprint density at radius 3 is 1.40 bits per heavy atom. The Hall–Kier alpha value is -5.26. The number of hydrogen-bond acceptors (Lipinski definition) is 22. The topological polar surface area (TPSA) is 339 Å². The van der Waals surface area contributed by atoms with Gasteiger partial charge in [-0.1, -0.05) is 113 Å². The number of sulfonamides is 3. The number of hydrogen-bond donors (Lipinski definition) is 8. The number of aliphatic hydroxyl groups is 1. The van der Waals surface area contributed by atoms with Gasteiger partial charge in [0.2, 0.25) is 41.9 Å². The Kier molecular flexibility index (Phi) is 40.4. The highest BCUT2D eigenvalue weighted by atomic mass is 35.5. The molecule has 0 aromatic heterocycles. The first-order chi connectivity index (χ1) is 59.4. The number of amides is 4. The van der Waals surface area contributed by atoms with Crippen LogP contribution < -0.4 is 35.4 Å². The standard InChI is InChI=1S/C86H120Cl6N12O17S3/c1-85(78-61-102(4)60-77-72(78)51-66(89)54-81(77)92)16-7-13-69(55-85)124(113,114)98-26-38-120-44-41-115-33-21-93-20-8-17-86(99-84(108)104-29-27-103(28-30-104)31-39-121-40-32-105,18-14-82(106)94-22-34-116-42-45-118-36-24-96-122(109,110)67-11-5-9-62(47-67)73-56-100(2)58-75-70(73)49-64(87)52-79(75)90)19-15-83(107)95-23-35-117-43-46-119-37-25-97-123(111,112)68-12-6-10-63(48-68)74-57-101(3)59-76-71(74)50-65(88)53-80(76)91/h5-7,9-13,47-55,73-74,78,93,96-98,105H,8,14-46,56-61H2,1-4H3,(H,94,106)(H,95,107)(H,99,108)/t73-,74-,78+,85?/m0/s1. The van der Waals surface area contributed by atoms with Crippen LogP contribution in [0.1, 0.15) is 114 Å². The monoisotopic (exact) mass is 1900 g/mol. The fraction of sp³-hybridized carbons (Fsp3) is 0.570. The minimum Gasteiger partial charge on any atom is -0.394 e. The Labute approximate surface area is 761 Å². The SMILES string of the molecule is CN1Cc2c(Cl)cc(Cl)cc2[C@H](c2cccc(S(=O)(=O)NCCOCCOCCNC(=O)CCC(CCCNCCOCCOCCNS(=O)(=O)C3=CC(C)([C@@H]4CN(C)Cc5c(Cl)cc(Cl)cc54)CC=C3)(CCC(=O)NCCOCCOCCNS(=O)(=O)c3cccc([C@@H]4CN(C)Cc5c(Cl)cc(Cl)cc54)c3)NC(=O)N3CCN(CCOCCO)CC3)c2)C1. The van der Waals surface area contributed by atoms with Crippen LogP contribution in [0.15, 0.2) is 118 Å². The lowest BCUT2D eigenvalue weighted by molar-refractivity contribution is -0.121. The maximum absolute atomic E-state index is 14.5. The highest BCUT2D eigenvalue weighted by Gasteiger charge is 2.42. The van der Waals surface area contributed by atoms with Crippen LogP contribution in [-0.2, 0) is 92.5 Å². The third-order valence-electron chi connectivity index (χ3n) is 22.8. The number of urea groups is 1. The quantitative estimate of drug-likeness (QED) is 0.0168. The molecule has 38 heteroatoms. The number of carbonyl (C=O) groups excluding carboxylic acids is 3. The molecule has 1 fully saturated rings. The zero-order valence-corrected chi connectivity index (χ0v) is 78.0. The molecule has 0 spiro atoms. The van der Waals surface area contributed by atoms with E-state index in [4.69, 9.17) is 103 Å². The fourth-order valence-electron chi connectivity index (χ4n) is 16.3. The Balaban J connectivity index is 0.677. The van der Waals surface area contributed by atoms with Crippen LogP contribution in [0.5, 0.6) is 0 Å². The highest BCUT2D eigenvalue weighted by Crippen LogP contribution is 2.49. The zero-order chi connectivity index (χ0) is 88.9. The van der Waals surface area contributed by atoms with Crippen molar-refractivity contribution in [2.75, 3.05) is 218 Å². The molecule has 124 heavy (non-hydrogen) atoms. The van der Waals surface area contributed by atoms with Crippen molar-refractivity contribution in [3.63, 3.8) is 0 Å². The van der Waals surface area contributed by atoms with Gasteiger partial charge in [-0.15, -0.1) is 0 Å². The lowest BCUT2D eigenvalue weighted by Gasteiger charge is -2.43. The number of benzene rings is 5. The van der Waals surface area contributed by atoms with Gasteiger partial charge in [-0.3, -0.25) is 14.5 Å². The lowest BCUT2D eigenvalue weighted by Crippen LogP contribution is -2.58. The number of allylic oxidation sites excluding steroid dienone is 3. The summed E-state index contributed by atoms with van der Waals surface area (Å²) in [6.07, 6.45) is 7.27. The smallest absolute Gasteiger partial charge is 0.317 e. The molecule has 1 unspecified atom stereocenters. The van der Waals surface area contributed by atoms with Crippen LogP contribution in [0, 0.1) is 5.41 Å². The van der Waals surface area contributed by atoms with Gasteiger partial charge in [0.1, 0.15) is 0 Å². The van der Waals surface area contributed by atoms with Gasteiger partial charge in [0.05, 0.1) is 114 Å². The summed E-state index contributed by atoms with van der Waals surface area (Å²) >= 11 is 39.2. The summed E-state index contributed by atoms with van der Waals surface area (Å²) in [6, 6.07) is 24.3. The number of likely N-dealkylation sites (N-methyl/N-ethyl adjacent to an activating group) is 3. The molecule has 0 radical (unpaired) electrons. The van der Waals surface area contributed by atoms with Gasteiger partial charge in [0.15, 0.2) is 0 Å². The summed E-state index contributed by atoms with van der Waals surface area (Å²) in [5.41, 5.74) is 5.93. The minimum atomic E-state index is -3.90. The van der Waals surface area contributed by atoms with E-state index in [-0.39, 0.29) is 195 Å². The number of nitrogens with zero attached hydrogens (tertiary/aromatic N) is 5. The molecule has 4 aliphatic heterocycles. The summed E-state index contributed by atoms with van der Waals surface area (Å²) in [7, 11) is -5.68. The molecule has 4 heterocycles. The van der Waals surface area contributed by atoms with Crippen molar-refractivity contribution in [1.82, 2.24) is 59.9 Å². The third kappa shape index (κ3) is 30.7. The van der Waals surface area contributed by atoms with Gasteiger partial charge in [-0.2, -0.15) is 0 Å². The number of piperazine rings is 1. The molecule has 5 aromatic carbocycles. The summed E-state index contributed by atoms with van der Waals surface area (Å²) < 4.78 is 130. The molecule has 5 aliphatic rings. The van der Waals surface area contributed by atoms with Crippen molar-refractivity contribution in [3.8, 4) is 0 Å². The van der Waals surface area contributed by atoms with Crippen molar-refractivity contribution in [2.24, 2.45) is 5.41 Å². The second kappa shape index (κ2) is 49.7. The number of aliphatic hydroxyl groups excluding tert-OH is 1. The maximum Gasteiger partial charge on any atom is 0.317 e. The van der Waals surface area contributed by atoms with Gasteiger partial charge in [0, 0.05) is 178 Å². The largest absolute Gasteiger partial charge is 0.394 e. The van der Waals surface area contributed by atoms with Gasteiger partial charge in [0.25, 0.3) is 0 Å². The number of ether oxygens (including phenoxy) is 7. The molecule has 5 aromatic rings. The molecule has 8 N–H and O–H groups in total. The van der Waals surface area contributed by atoms with Crippen LogP contribution >= 0.6 is 69.6 Å². The second-order valence-corrected chi connectivity index (χ2v) is 40.0. The molecule has 10 rings (SSSR count). The van der Waals surface area contributed by atoms with E-state index in [1.165, 1.54) is 0 Å². The first-order valence-corrected chi connectivity index (χ1v) is 48.9. The van der Waals surface area contributed by atoms with Gasteiger partial charge in [-0.25, -0.2) is 44.2 Å². The first kappa shape index (κ1) is 101. The average Bonchev–Trinajstić information content (AvgIpc) is 0.755. The zero-order valence-electron chi connectivity index (χ0n) is 71.0. The summed E-state index contributed by atoms with van der Waals surface area (Å²) in [4.78, 5) is 53.0. The van der Waals surface area contributed by atoms with Crippen molar-refractivity contribution in [1.29, 1.82) is 0 Å². The van der Waals surface area contributed by atoms with E-state index in [1.54, 1.807) is 65.6 Å². The summed E-state index contributed by atoms with van der Waals surface area (Å²) in [5.74, 6) is -0.951. The van der Waals surface area contributed by atoms with Crippen molar-refractivity contribution in [3.05, 3.63) is 183 Å². The van der Waals surface area contributed by atoms with Crippen LogP contribution in [0.2, 0.25) is 30.1 Å². The van der Waals surface area contributed by atoms with Crippen LogP contribution in [0.3, 0.4) is 0 Å². The van der Waals surface area contributed by atoms with Crippen LogP contribution in [0.25, 0.3) is 0 Å². The third-order valence-corrected chi connectivity index (χ3v) is 28.9.